The van der Waals surface area contributed by atoms with E-state index in [1.807, 2.05) is 0 Å². The molecule has 0 nitrogen and oxygen atoms in total. The minimum atomic E-state index is 1.23. The van der Waals surface area contributed by atoms with Gasteiger partial charge < -0.3 is 0 Å². The molecule has 0 bridgehead atoms. The zero-order valence-corrected chi connectivity index (χ0v) is 27.3. The van der Waals surface area contributed by atoms with Gasteiger partial charge in [-0.3, -0.25) is 0 Å². The number of hydrogen-bond acceptors (Lipinski definition) is 0. The van der Waals surface area contributed by atoms with Gasteiger partial charge in [0.25, 0.3) is 0 Å². The first-order valence-corrected chi connectivity index (χ1v) is 17.4. The zero-order valence-electron chi connectivity index (χ0n) is 27.3. The molecule has 0 aliphatic carbocycles. The molecule has 11 rings (SSSR count). The molecule has 0 saturated heterocycles. The Bertz CT molecular complexity index is 3060. The standard InChI is InChI=1S/C50H30/c1-2-8-31(9-3-1)37-12-7-13-38(30-37)39-14-4-5-15-40(39)41-24-19-35-23-29-46-43(26-20-36-22-28-45(41)49(35)50(36)46)42-25-18-34-17-16-32-10-6-11-33-21-27-44(42)48(34)47(32)33/h1-30H. The lowest BCUT2D eigenvalue weighted by atomic mass is 9.84. The zero-order chi connectivity index (χ0) is 32.8. The van der Waals surface area contributed by atoms with Crippen molar-refractivity contribution in [1.29, 1.82) is 0 Å². The maximum atomic E-state index is 2.35. The van der Waals surface area contributed by atoms with Crippen LogP contribution in [0.1, 0.15) is 0 Å². The Labute approximate surface area is 290 Å². The van der Waals surface area contributed by atoms with E-state index in [-0.39, 0.29) is 0 Å². The van der Waals surface area contributed by atoms with Gasteiger partial charge >= 0.3 is 0 Å². The molecule has 0 aromatic heterocycles. The second-order valence-corrected chi connectivity index (χ2v) is 13.6. The molecule has 0 saturated carbocycles. The van der Waals surface area contributed by atoms with Crippen LogP contribution in [0.4, 0.5) is 0 Å². The van der Waals surface area contributed by atoms with Gasteiger partial charge in [-0.1, -0.05) is 176 Å². The third-order valence-corrected chi connectivity index (χ3v) is 11.0. The lowest BCUT2D eigenvalue weighted by Gasteiger charge is -2.19. The summed E-state index contributed by atoms with van der Waals surface area (Å²) in [6.45, 7) is 0. The average Bonchev–Trinajstić information content (AvgIpc) is 3.19. The molecule has 0 heterocycles. The lowest BCUT2D eigenvalue weighted by molar-refractivity contribution is 1.58. The Morgan fingerprint density at radius 3 is 1.20 bits per heavy atom. The van der Waals surface area contributed by atoms with Crippen LogP contribution < -0.4 is 0 Å². The van der Waals surface area contributed by atoms with Gasteiger partial charge in [0.1, 0.15) is 0 Å². The van der Waals surface area contributed by atoms with E-state index in [9.17, 15) is 0 Å². The maximum Gasteiger partial charge on any atom is -0.00203 e. The molecule has 0 atom stereocenters. The molecule has 50 heavy (non-hydrogen) atoms. The molecule has 0 N–H and O–H groups in total. The van der Waals surface area contributed by atoms with E-state index in [4.69, 9.17) is 0 Å². The molecule has 230 valence electrons. The fourth-order valence-corrected chi connectivity index (χ4v) is 8.71. The van der Waals surface area contributed by atoms with Crippen molar-refractivity contribution >= 4 is 64.6 Å². The highest BCUT2D eigenvalue weighted by molar-refractivity contribution is 6.30. The van der Waals surface area contributed by atoms with E-state index in [2.05, 4.69) is 182 Å². The van der Waals surface area contributed by atoms with Crippen LogP contribution in [-0.4, -0.2) is 0 Å². The van der Waals surface area contributed by atoms with E-state index < -0.39 is 0 Å². The summed E-state index contributed by atoms with van der Waals surface area (Å²) in [7, 11) is 0. The molecule has 0 radical (unpaired) electrons. The summed E-state index contributed by atoms with van der Waals surface area (Å²) in [5.74, 6) is 0. The molecule has 0 aliphatic rings. The van der Waals surface area contributed by atoms with Gasteiger partial charge in [-0.15, -0.1) is 0 Å². The molecule has 0 unspecified atom stereocenters. The van der Waals surface area contributed by atoms with Crippen LogP contribution in [0, 0.1) is 0 Å². The SMILES string of the molecule is c1ccc(-c2cccc(-c3ccccc3-c3ccc4ccc5c(-c6ccc7ccc8cccc9ccc6c7c89)ccc6ccc3c4c65)c2)cc1. The first kappa shape index (κ1) is 27.5. The summed E-state index contributed by atoms with van der Waals surface area (Å²) in [5, 5.41) is 15.8. The van der Waals surface area contributed by atoms with E-state index in [1.54, 1.807) is 0 Å². The lowest BCUT2D eigenvalue weighted by Crippen LogP contribution is -1.92. The van der Waals surface area contributed by atoms with Crippen molar-refractivity contribution in [2.24, 2.45) is 0 Å². The Morgan fingerprint density at radius 1 is 0.200 bits per heavy atom. The molecule has 11 aromatic rings. The van der Waals surface area contributed by atoms with Crippen LogP contribution in [0.25, 0.3) is 109 Å². The van der Waals surface area contributed by atoms with Crippen LogP contribution in [0.2, 0.25) is 0 Å². The van der Waals surface area contributed by atoms with Gasteiger partial charge in [-0.25, -0.2) is 0 Å². The van der Waals surface area contributed by atoms with Crippen molar-refractivity contribution < 1.29 is 0 Å². The largest absolute Gasteiger partial charge is 0.0622 e. The Balaban J connectivity index is 1.14. The van der Waals surface area contributed by atoms with Crippen molar-refractivity contribution in [3.8, 4) is 44.5 Å². The monoisotopic (exact) mass is 630 g/mol. The average molecular weight is 631 g/mol. The Hall–Kier alpha value is -6.50. The summed E-state index contributed by atoms with van der Waals surface area (Å²) < 4.78 is 0. The maximum absolute atomic E-state index is 2.35. The molecule has 0 amide bonds. The van der Waals surface area contributed by atoms with Gasteiger partial charge in [-0.05, 0) is 115 Å². The van der Waals surface area contributed by atoms with Crippen molar-refractivity contribution in [2.75, 3.05) is 0 Å². The highest BCUT2D eigenvalue weighted by atomic mass is 14.2. The van der Waals surface area contributed by atoms with E-state index in [0.29, 0.717) is 0 Å². The third kappa shape index (κ3) is 3.94. The van der Waals surface area contributed by atoms with Gasteiger partial charge in [-0.2, -0.15) is 0 Å². The van der Waals surface area contributed by atoms with Crippen molar-refractivity contribution in [3.05, 3.63) is 182 Å². The van der Waals surface area contributed by atoms with Gasteiger partial charge in [0.2, 0.25) is 0 Å². The third-order valence-electron chi connectivity index (χ3n) is 11.0. The Kier molecular flexibility index (Phi) is 5.76. The molecular weight excluding hydrogens is 601 g/mol. The van der Waals surface area contributed by atoms with Gasteiger partial charge in [0.05, 0.1) is 0 Å². The predicted octanol–water partition coefficient (Wildman–Crippen LogP) is 14.1. The molecule has 0 heteroatoms. The van der Waals surface area contributed by atoms with Crippen molar-refractivity contribution in [2.45, 2.75) is 0 Å². The van der Waals surface area contributed by atoms with E-state index in [0.717, 1.165) is 0 Å². The minimum absolute atomic E-state index is 1.23. The Morgan fingerprint density at radius 2 is 0.600 bits per heavy atom. The second kappa shape index (κ2) is 10.5. The topological polar surface area (TPSA) is 0 Å². The van der Waals surface area contributed by atoms with E-state index in [1.165, 1.54) is 109 Å². The first-order chi connectivity index (χ1) is 24.8. The number of rotatable bonds is 4. The summed E-state index contributed by atoms with van der Waals surface area (Å²) in [5.41, 5.74) is 10.0. The summed E-state index contributed by atoms with van der Waals surface area (Å²) >= 11 is 0. The minimum Gasteiger partial charge on any atom is -0.0622 e. The molecule has 11 aromatic carbocycles. The second-order valence-electron chi connectivity index (χ2n) is 13.6. The van der Waals surface area contributed by atoms with Crippen LogP contribution in [0.5, 0.6) is 0 Å². The smallest absolute Gasteiger partial charge is 0.00203 e. The quantitative estimate of drug-likeness (QED) is 0.170. The molecule has 0 fully saturated rings. The summed E-state index contributed by atoms with van der Waals surface area (Å²) in [4.78, 5) is 0. The van der Waals surface area contributed by atoms with Crippen LogP contribution in [0.15, 0.2) is 182 Å². The van der Waals surface area contributed by atoms with Crippen LogP contribution in [-0.2, 0) is 0 Å². The molecule has 0 aliphatic heterocycles. The van der Waals surface area contributed by atoms with Crippen LogP contribution >= 0.6 is 0 Å². The predicted molar refractivity (Wildman–Crippen MR) is 216 cm³/mol. The van der Waals surface area contributed by atoms with Crippen LogP contribution in [0.3, 0.4) is 0 Å². The molecular formula is C50H30. The van der Waals surface area contributed by atoms with Gasteiger partial charge in [0.15, 0.2) is 0 Å². The van der Waals surface area contributed by atoms with Gasteiger partial charge in [0, 0.05) is 0 Å². The number of hydrogen-bond donors (Lipinski definition) is 0. The van der Waals surface area contributed by atoms with E-state index >= 15 is 0 Å². The fraction of sp³-hybridized carbons (Fsp3) is 0. The van der Waals surface area contributed by atoms with Crippen molar-refractivity contribution in [3.63, 3.8) is 0 Å². The normalized spacial score (nSPS) is 12.0. The highest BCUT2D eigenvalue weighted by Crippen LogP contribution is 2.46. The molecule has 0 spiro atoms. The summed E-state index contributed by atoms with van der Waals surface area (Å²) in [6, 6.07) is 67.6. The van der Waals surface area contributed by atoms with Crippen molar-refractivity contribution in [1.82, 2.24) is 0 Å². The first-order valence-electron chi connectivity index (χ1n) is 17.4. The summed E-state index contributed by atoms with van der Waals surface area (Å²) in [6.07, 6.45) is 0. The highest BCUT2D eigenvalue weighted by Gasteiger charge is 2.19. The number of benzene rings is 11. The fourth-order valence-electron chi connectivity index (χ4n) is 8.71.